The average molecular weight is 306 g/mol. The van der Waals surface area contributed by atoms with Crippen LogP contribution in [0.4, 0.5) is 0 Å². The van der Waals surface area contributed by atoms with Crippen molar-refractivity contribution >= 4 is 5.91 Å². The van der Waals surface area contributed by atoms with E-state index in [1.54, 1.807) is 19.0 Å². The maximum Gasteiger partial charge on any atom is 0.222 e. The van der Waals surface area contributed by atoms with E-state index in [0.717, 1.165) is 11.1 Å². The molecule has 1 amide bonds. The van der Waals surface area contributed by atoms with E-state index in [0.29, 0.717) is 6.42 Å². The Morgan fingerprint density at radius 3 is 2.09 bits per heavy atom. The van der Waals surface area contributed by atoms with Crippen LogP contribution in [0.15, 0.2) is 60.7 Å². The van der Waals surface area contributed by atoms with Gasteiger partial charge in [-0.25, -0.2) is 0 Å². The molecule has 0 aromatic heterocycles. The smallest absolute Gasteiger partial charge is 0.222 e. The van der Waals surface area contributed by atoms with Crippen LogP contribution < -0.4 is 0 Å². The van der Waals surface area contributed by atoms with Gasteiger partial charge in [0.15, 0.2) is 0 Å². The number of benzene rings is 2. The summed E-state index contributed by atoms with van der Waals surface area (Å²) in [6.45, 7) is 1.92. The van der Waals surface area contributed by atoms with Crippen LogP contribution >= 0.6 is 0 Å². The maximum absolute atomic E-state index is 12.3. The fraction of sp³-hybridized carbons (Fsp3) is 0.300. The summed E-state index contributed by atoms with van der Waals surface area (Å²) in [6.07, 6.45) is 0.302. The fourth-order valence-corrected chi connectivity index (χ4v) is 2.83. The van der Waals surface area contributed by atoms with Gasteiger partial charge in [0.1, 0.15) is 0 Å². The summed E-state index contributed by atoms with van der Waals surface area (Å²) >= 11 is 0. The van der Waals surface area contributed by atoms with Crippen LogP contribution in [0.5, 0.6) is 0 Å². The summed E-state index contributed by atoms with van der Waals surface area (Å²) < 4.78 is 0. The van der Waals surface area contributed by atoms with Gasteiger partial charge in [-0.2, -0.15) is 5.26 Å². The molecule has 2 aromatic rings. The lowest BCUT2D eigenvalue weighted by Crippen LogP contribution is -2.33. The molecule has 118 valence electrons. The van der Waals surface area contributed by atoms with Crippen molar-refractivity contribution in [2.75, 3.05) is 14.1 Å². The van der Waals surface area contributed by atoms with E-state index in [9.17, 15) is 10.1 Å². The first-order chi connectivity index (χ1) is 11.0. The van der Waals surface area contributed by atoms with Gasteiger partial charge < -0.3 is 4.90 Å². The second kappa shape index (κ2) is 7.11. The number of carbonyl (C=O) groups excluding carboxylic acids is 1. The molecule has 0 spiro atoms. The molecule has 2 aromatic carbocycles. The largest absolute Gasteiger partial charge is 0.349 e. The van der Waals surface area contributed by atoms with Crippen LogP contribution in [-0.4, -0.2) is 24.9 Å². The quantitative estimate of drug-likeness (QED) is 0.845. The molecular formula is C20H22N2O. The lowest BCUT2D eigenvalue weighted by Gasteiger charge is -2.33. The predicted octanol–water partition coefficient (Wildman–Crippen LogP) is 3.73. The predicted molar refractivity (Wildman–Crippen MR) is 91.9 cm³/mol. The first-order valence-corrected chi connectivity index (χ1v) is 7.71. The lowest BCUT2D eigenvalue weighted by molar-refractivity contribution is -0.129. The summed E-state index contributed by atoms with van der Waals surface area (Å²) in [6, 6.07) is 22.0. The molecule has 0 N–H and O–H groups in total. The van der Waals surface area contributed by atoms with Gasteiger partial charge in [0.05, 0.1) is 11.5 Å². The van der Waals surface area contributed by atoms with Gasteiger partial charge >= 0.3 is 0 Å². The summed E-state index contributed by atoms with van der Waals surface area (Å²) in [7, 11) is 3.49. The highest BCUT2D eigenvalue weighted by Crippen LogP contribution is 2.41. The number of hydrogen-bond donors (Lipinski definition) is 0. The Labute approximate surface area is 138 Å². The van der Waals surface area contributed by atoms with Gasteiger partial charge in [-0.15, -0.1) is 0 Å². The van der Waals surface area contributed by atoms with Crippen molar-refractivity contribution < 1.29 is 4.79 Å². The van der Waals surface area contributed by atoms with E-state index >= 15 is 0 Å². The van der Waals surface area contributed by atoms with Gasteiger partial charge in [0.25, 0.3) is 0 Å². The van der Waals surface area contributed by atoms with Crippen LogP contribution in [0.3, 0.4) is 0 Å². The van der Waals surface area contributed by atoms with Crippen molar-refractivity contribution in [3.63, 3.8) is 0 Å². The Morgan fingerprint density at radius 2 is 1.61 bits per heavy atom. The minimum Gasteiger partial charge on any atom is -0.349 e. The highest BCUT2D eigenvalue weighted by atomic mass is 16.2. The molecule has 0 fully saturated rings. The third kappa shape index (κ3) is 3.60. The molecule has 0 radical (unpaired) electrons. The molecular weight excluding hydrogens is 284 g/mol. The Balaban J connectivity index is 2.51. The maximum atomic E-state index is 12.3. The molecule has 0 unspecified atom stereocenters. The van der Waals surface area contributed by atoms with Crippen LogP contribution in [0.25, 0.3) is 0 Å². The Hall–Kier alpha value is -2.60. The average Bonchev–Trinajstić information content (AvgIpc) is 2.60. The monoisotopic (exact) mass is 306 g/mol. The van der Waals surface area contributed by atoms with Gasteiger partial charge in [-0.1, -0.05) is 60.7 Å². The number of amides is 1. The number of carbonyl (C=O) groups is 1. The molecule has 0 aliphatic rings. The minimum absolute atomic E-state index is 0.0243. The number of nitriles is 1. The third-order valence-electron chi connectivity index (χ3n) is 4.38. The van der Waals surface area contributed by atoms with E-state index in [-0.39, 0.29) is 11.8 Å². The van der Waals surface area contributed by atoms with Gasteiger partial charge in [-0.3, -0.25) is 4.79 Å². The number of hydrogen-bond acceptors (Lipinski definition) is 2. The number of nitrogens with zero attached hydrogens (tertiary/aromatic N) is 2. The zero-order valence-corrected chi connectivity index (χ0v) is 13.9. The van der Waals surface area contributed by atoms with Crippen LogP contribution in [0.2, 0.25) is 0 Å². The van der Waals surface area contributed by atoms with Crippen molar-refractivity contribution in [1.82, 2.24) is 4.90 Å². The zero-order valence-electron chi connectivity index (χ0n) is 13.9. The Kier molecular flexibility index (Phi) is 5.18. The number of rotatable bonds is 5. The van der Waals surface area contributed by atoms with Gasteiger partial charge in [0, 0.05) is 26.4 Å². The van der Waals surface area contributed by atoms with E-state index in [4.69, 9.17) is 0 Å². The van der Waals surface area contributed by atoms with Crippen molar-refractivity contribution in [3.8, 4) is 6.07 Å². The molecule has 0 aliphatic heterocycles. The second-order valence-corrected chi connectivity index (χ2v) is 6.14. The molecule has 23 heavy (non-hydrogen) atoms. The van der Waals surface area contributed by atoms with Crippen LogP contribution in [0.1, 0.15) is 30.4 Å². The highest BCUT2D eigenvalue weighted by molar-refractivity contribution is 5.77. The Morgan fingerprint density at radius 1 is 1.09 bits per heavy atom. The first-order valence-electron chi connectivity index (χ1n) is 7.71. The Bertz CT molecular complexity index is 689. The standard InChI is InChI=1S/C20H22N2O/c1-20(15-21,17-12-8-5-9-13-17)18(14-19(23)22(2)3)16-10-6-4-7-11-16/h4-13,18H,14H2,1-3H3/t18-,20-/m1/s1. The zero-order chi connectivity index (χ0) is 16.9. The topological polar surface area (TPSA) is 44.1 Å². The van der Waals surface area contributed by atoms with Crippen molar-refractivity contribution in [1.29, 1.82) is 5.26 Å². The van der Waals surface area contributed by atoms with Crippen molar-refractivity contribution in [2.45, 2.75) is 24.7 Å². The molecule has 0 heterocycles. The fourth-order valence-electron chi connectivity index (χ4n) is 2.83. The normalized spacial score (nSPS) is 14.3. The minimum atomic E-state index is -0.770. The molecule has 0 bridgehead atoms. The van der Waals surface area contributed by atoms with E-state index in [1.165, 1.54) is 0 Å². The molecule has 0 saturated carbocycles. The summed E-state index contributed by atoms with van der Waals surface area (Å²) in [5.74, 6) is -0.178. The highest BCUT2D eigenvalue weighted by Gasteiger charge is 2.38. The van der Waals surface area contributed by atoms with Crippen LogP contribution in [0, 0.1) is 11.3 Å². The van der Waals surface area contributed by atoms with Crippen LogP contribution in [-0.2, 0) is 10.2 Å². The van der Waals surface area contributed by atoms with E-state index in [1.807, 2.05) is 67.6 Å². The molecule has 3 nitrogen and oxygen atoms in total. The molecule has 0 saturated heterocycles. The first kappa shape index (κ1) is 16.8. The van der Waals surface area contributed by atoms with E-state index in [2.05, 4.69) is 6.07 Å². The second-order valence-electron chi connectivity index (χ2n) is 6.14. The molecule has 0 aliphatic carbocycles. The SMILES string of the molecule is CN(C)C(=O)C[C@H](c1ccccc1)[C@](C)(C#N)c1ccccc1. The van der Waals surface area contributed by atoms with Gasteiger partial charge in [0.2, 0.25) is 5.91 Å². The summed E-state index contributed by atoms with van der Waals surface area (Å²) in [5.41, 5.74) is 1.17. The molecule has 3 heteroatoms. The molecule has 2 atom stereocenters. The third-order valence-corrected chi connectivity index (χ3v) is 4.38. The van der Waals surface area contributed by atoms with E-state index < -0.39 is 5.41 Å². The van der Waals surface area contributed by atoms with Crippen molar-refractivity contribution in [3.05, 3.63) is 71.8 Å². The van der Waals surface area contributed by atoms with Crippen molar-refractivity contribution in [2.24, 2.45) is 0 Å². The lowest BCUT2D eigenvalue weighted by atomic mass is 9.68. The summed E-state index contributed by atoms with van der Waals surface area (Å²) in [5, 5.41) is 9.95. The summed E-state index contributed by atoms with van der Waals surface area (Å²) in [4.78, 5) is 13.9. The molecule has 2 rings (SSSR count). The van der Waals surface area contributed by atoms with Gasteiger partial charge in [-0.05, 0) is 18.1 Å².